The average Bonchev–Trinajstić information content (AvgIpc) is 2.91. The van der Waals surface area contributed by atoms with Crippen molar-refractivity contribution in [2.45, 2.75) is 36.0 Å². The van der Waals surface area contributed by atoms with E-state index in [1.54, 1.807) is 0 Å². The van der Waals surface area contributed by atoms with Crippen LogP contribution in [-0.2, 0) is 5.92 Å². The zero-order valence-corrected chi connectivity index (χ0v) is 10.3. The second kappa shape index (κ2) is 5.23. The van der Waals surface area contributed by atoms with Crippen LogP contribution in [0.25, 0.3) is 0 Å². The van der Waals surface area contributed by atoms with Crippen molar-refractivity contribution < 1.29 is 52.7 Å². The molecule has 0 spiro atoms. The molecule has 1 nitrogen and oxygen atoms in total. The van der Waals surface area contributed by atoms with Crippen LogP contribution in [0.2, 0.25) is 0 Å². The highest BCUT2D eigenvalue weighted by Gasteiger charge is 2.88. The Balaban J connectivity index is 3.46. The van der Waals surface area contributed by atoms with Crippen LogP contribution in [0.3, 0.4) is 0 Å². The van der Waals surface area contributed by atoms with Gasteiger partial charge in [-0.05, 0) is 12.1 Å². The molecule has 0 fully saturated rings. The van der Waals surface area contributed by atoms with E-state index in [-0.39, 0.29) is 6.07 Å². The standard InChI is InChI=1S/C10H5F12N/c11-5(12)7(15,16)9(19,20)10(21,22)8(17,18)6(13,14)4-2-1-3-23-4/h1-3,5,23H. The van der Waals surface area contributed by atoms with Crippen LogP contribution >= 0.6 is 0 Å². The molecule has 1 aromatic heterocycles. The van der Waals surface area contributed by atoms with E-state index in [2.05, 4.69) is 0 Å². The molecule has 0 aliphatic heterocycles. The Labute approximate surface area is 119 Å². The van der Waals surface area contributed by atoms with Crippen LogP contribution in [0.15, 0.2) is 18.3 Å². The molecule has 1 N–H and O–H groups in total. The molecule has 1 heterocycles. The first-order chi connectivity index (χ1) is 10.0. The lowest BCUT2D eigenvalue weighted by atomic mass is 9.93. The number of halogens is 12. The molecule has 0 atom stereocenters. The first-order valence-electron chi connectivity index (χ1n) is 5.36. The molecule has 0 saturated heterocycles. The smallest absolute Gasteiger partial charge is 0.360 e. The summed E-state index contributed by atoms with van der Waals surface area (Å²) in [6, 6.07) is 0.691. The number of rotatable bonds is 6. The molecule has 1 rings (SSSR count). The lowest BCUT2D eigenvalue weighted by Crippen LogP contribution is -2.67. The molecule has 0 aliphatic rings. The Morgan fingerprint density at radius 2 is 1.22 bits per heavy atom. The minimum Gasteiger partial charge on any atom is -0.360 e. The van der Waals surface area contributed by atoms with Gasteiger partial charge in [0.1, 0.15) is 0 Å². The molecule has 13 heteroatoms. The average molecular weight is 367 g/mol. The molecule has 1 aromatic rings. The van der Waals surface area contributed by atoms with E-state index in [4.69, 9.17) is 0 Å². The van der Waals surface area contributed by atoms with Crippen LogP contribution in [0.1, 0.15) is 5.69 Å². The number of aromatic amines is 1. The fourth-order valence-corrected chi connectivity index (χ4v) is 1.44. The van der Waals surface area contributed by atoms with Crippen molar-refractivity contribution in [3.8, 4) is 0 Å². The van der Waals surface area contributed by atoms with Gasteiger partial charge in [-0.15, -0.1) is 0 Å². The number of hydrogen-bond donors (Lipinski definition) is 1. The van der Waals surface area contributed by atoms with Crippen LogP contribution < -0.4 is 0 Å². The van der Waals surface area contributed by atoms with Gasteiger partial charge >= 0.3 is 36.0 Å². The highest BCUT2D eigenvalue weighted by atomic mass is 19.4. The highest BCUT2D eigenvalue weighted by Crippen LogP contribution is 2.60. The summed E-state index contributed by atoms with van der Waals surface area (Å²) in [5.74, 6) is -35.2. The summed E-state index contributed by atoms with van der Waals surface area (Å²) < 4.78 is 154. The Morgan fingerprint density at radius 3 is 1.57 bits per heavy atom. The second-order valence-electron chi connectivity index (χ2n) is 4.31. The molecule has 0 aromatic carbocycles. The van der Waals surface area contributed by atoms with Crippen molar-refractivity contribution in [3.05, 3.63) is 24.0 Å². The molecule has 0 bridgehead atoms. The Kier molecular flexibility index (Phi) is 4.43. The third-order valence-electron chi connectivity index (χ3n) is 2.81. The van der Waals surface area contributed by atoms with E-state index in [9.17, 15) is 52.7 Å². The number of alkyl halides is 12. The van der Waals surface area contributed by atoms with Gasteiger partial charge in [0.05, 0.1) is 5.69 Å². The van der Waals surface area contributed by atoms with E-state index in [1.807, 2.05) is 0 Å². The SMILES string of the molecule is FC(F)C(F)(F)C(F)(F)C(F)(F)C(F)(F)C(F)(F)c1ccc[nH]1. The summed E-state index contributed by atoms with van der Waals surface area (Å²) in [6.45, 7) is 0. The van der Waals surface area contributed by atoms with Crippen molar-refractivity contribution in [2.24, 2.45) is 0 Å². The van der Waals surface area contributed by atoms with Crippen molar-refractivity contribution in [3.63, 3.8) is 0 Å². The van der Waals surface area contributed by atoms with Crippen molar-refractivity contribution in [2.75, 3.05) is 0 Å². The van der Waals surface area contributed by atoms with Gasteiger partial charge in [0.2, 0.25) is 0 Å². The van der Waals surface area contributed by atoms with Crippen molar-refractivity contribution >= 4 is 0 Å². The monoisotopic (exact) mass is 367 g/mol. The summed E-state index contributed by atoms with van der Waals surface area (Å²) in [4.78, 5) is 1.32. The van der Waals surface area contributed by atoms with Crippen LogP contribution in [0.4, 0.5) is 52.7 Å². The number of nitrogens with one attached hydrogen (secondary N) is 1. The van der Waals surface area contributed by atoms with E-state index >= 15 is 0 Å². The predicted octanol–water partition coefficient (Wildman–Crippen LogP) is 4.91. The maximum absolute atomic E-state index is 13.4. The van der Waals surface area contributed by atoms with Gasteiger partial charge in [0, 0.05) is 6.20 Å². The molecule has 0 unspecified atom stereocenters. The topological polar surface area (TPSA) is 15.8 Å². The van der Waals surface area contributed by atoms with E-state index in [0.717, 1.165) is 0 Å². The van der Waals surface area contributed by atoms with Gasteiger partial charge in [-0.3, -0.25) is 0 Å². The molecule has 0 radical (unpaired) electrons. The predicted molar refractivity (Wildman–Crippen MR) is 50.5 cm³/mol. The second-order valence-corrected chi connectivity index (χ2v) is 4.31. The molecule has 0 amide bonds. The van der Waals surface area contributed by atoms with Crippen LogP contribution in [0.5, 0.6) is 0 Å². The highest BCUT2D eigenvalue weighted by molar-refractivity contribution is 5.19. The summed E-state index contributed by atoms with van der Waals surface area (Å²) in [5, 5.41) is 0. The zero-order chi connectivity index (χ0) is 18.5. The zero-order valence-electron chi connectivity index (χ0n) is 10.3. The van der Waals surface area contributed by atoms with Gasteiger partial charge in [-0.25, -0.2) is 8.78 Å². The Hall–Kier alpha value is -1.56. The normalized spacial score (nSPS) is 15.3. The minimum atomic E-state index is -7.51. The summed E-state index contributed by atoms with van der Waals surface area (Å²) in [7, 11) is 0. The fourth-order valence-electron chi connectivity index (χ4n) is 1.44. The first kappa shape index (κ1) is 19.5. The molecule has 134 valence electrons. The summed E-state index contributed by atoms with van der Waals surface area (Å²) in [5.41, 5.74) is -2.00. The summed E-state index contributed by atoms with van der Waals surface area (Å²) in [6.07, 6.45) is -4.97. The Morgan fingerprint density at radius 1 is 0.739 bits per heavy atom. The molecular formula is C10H5F12N. The maximum Gasteiger partial charge on any atom is 0.385 e. The largest absolute Gasteiger partial charge is 0.385 e. The molecule has 0 aliphatic carbocycles. The van der Waals surface area contributed by atoms with Crippen molar-refractivity contribution in [1.82, 2.24) is 4.98 Å². The van der Waals surface area contributed by atoms with Gasteiger partial charge in [-0.1, -0.05) is 0 Å². The van der Waals surface area contributed by atoms with E-state index in [1.165, 1.54) is 4.98 Å². The third kappa shape index (κ3) is 2.43. The number of hydrogen-bond acceptors (Lipinski definition) is 0. The molecule has 0 saturated carbocycles. The molecular weight excluding hydrogens is 362 g/mol. The van der Waals surface area contributed by atoms with Gasteiger partial charge in [-0.2, -0.15) is 43.9 Å². The number of H-pyrrole nitrogens is 1. The van der Waals surface area contributed by atoms with E-state index < -0.39 is 41.7 Å². The number of aromatic nitrogens is 1. The molecule has 23 heavy (non-hydrogen) atoms. The third-order valence-corrected chi connectivity index (χ3v) is 2.81. The van der Waals surface area contributed by atoms with Gasteiger partial charge < -0.3 is 4.98 Å². The lowest BCUT2D eigenvalue weighted by molar-refractivity contribution is -0.415. The quantitative estimate of drug-likeness (QED) is 0.688. The minimum absolute atomic E-state index is 0.0907. The first-order valence-corrected chi connectivity index (χ1v) is 5.36. The maximum atomic E-state index is 13.4. The van der Waals surface area contributed by atoms with E-state index in [0.29, 0.717) is 12.3 Å². The van der Waals surface area contributed by atoms with Crippen LogP contribution in [0, 0.1) is 0 Å². The lowest BCUT2D eigenvalue weighted by Gasteiger charge is -2.38. The fraction of sp³-hybridized carbons (Fsp3) is 0.600. The van der Waals surface area contributed by atoms with Crippen molar-refractivity contribution in [1.29, 1.82) is 0 Å². The van der Waals surface area contributed by atoms with Gasteiger partial charge in [0.25, 0.3) is 0 Å². The van der Waals surface area contributed by atoms with Crippen LogP contribution in [-0.4, -0.2) is 35.1 Å². The Bertz CT molecular complexity index is 532. The van der Waals surface area contributed by atoms with Gasteiger partial charge in [0.15, 0.2) is 0 Å². The summed E-state index contributed by atoms with van der Waals surface area (Å²) >= 11 is 0.